The summed E-state index contributed by atoms with van der Waals surface area (Å²) in [5, 5.41) is 10.3. The third kappa shape index (κ3) is 1.85. The van der Waals surface area contributed by atoms with Gasteiger partial charge in [-0.1, -0.05) is 30.3 Å². The molecule has 21 heavy (non-hydrogen) atoms. The molecule has 104 valence electrons. The minimum Gasteiger partial charge on any atom is -0.478 e. The Labute approximate surface area is 122 Å². The summed E-state index contributed by atoms with van der Waals surface area (Å²) < 4.78 is 2.26. The summed E-state index contributed by atoms with van der Waals surface area (Å²) in [5.41, 5.74) is 5.20. The predicted molar refractivity (Wildman–Crippen MR) is 82.7 cm³/mol. The van der Waals surface area contributed by atoms with Crippen molar-refractivity contribution in [1.82, 2.24) is 4.57 Å². The topological polar surface area (TPSA) is 42.2 Å². The minimum atomic E-state index is -0.874. The fourth-order valence-corrected chi connectivity index (χ4v) is 3.27. The van der Waals surface area contributed by atoms with Crippen molar-refractivity contribution in [2.24, 2.45) is 0 Å². The van der Waals surface area contributed by atoms with Crippen molar-refractivity contribution in [1.29, 1.82) is 0 Å². The maximum absolute atomic E-state index is 11.2. The van der Waals surface area contributed by atoms with Crippen LogP contribution >= 0.6 is 0 Å². The number of rotatable bonds is 1. The fourth-order valence-electron chi connectivity index (χ4n) is 3.27. The zero-order chi connectivity index (χ0) is 14.4. The Kier molecular flexibility index (Phi) is 2.61. The van der Waals surface area contributed by atoms with Gasteiger partial charge in [-0.05, 0) is 36.6 Å². The third-order valence-electron chi connectivity index (χ3n) is 4.27. The number of aromatic carboxylic acids is 1. The van der Waals surface area contributed by atoms with E-state index in [1.54, 1.807) is 12.1 Å². The summed E-state index contributed by atoms with van der Waals surface area (Å²) in [6.07, 6.45) is 2.14. The van der Waals surface area contributed by atoms with Gasteiger partial charge < -0.3 is 9.67 Å². The molecule has 1 aromatic heterocycles. The molecule has 0 radical (unpaired) electrons. The molecule has 1 aliphatic rings. The van der Waals surface area contributed by atoms with Crippen LogP contribution in [0, 0.1) is 0 Å². The van der Waals surface area contributed by atoms with Gasteiger partial charge in [0.15, 0.2) is 0 Å². The van der Waals surface area contributed by atoms with Gasteiger partial charge in [-0.15, -0.1) is 0 Å². The summed E-state index contributed by atoms with van der Waals surface area (Å²) in [6.45, 7) is 0.927. The molecule has 0 saturated carbocycles. The van der Waals surface area contributed by atoms with Gasteiger partial charge in [-0.2, -0.15) is 0 Å². The monoisotopic (exact) mass is 277 g/mol. The highest BCUT2D eigenvalue weighted by atomic mass is 16.4. The smallest absolute Gasteiger partial charge is 0.335 e. The summed E-state index contributed by atoms with van der Waals surface area (Å²) in [6, 6.07) is 16.0. The first kappa shape index (κ1) is 12.2. The lowest BCUT2D eigenvalue weighted by Gasteiger charge is -2.08. The fraction of sp³-hybridized carbons (Fsp3) is 0.167. The van der Waals surface area contributed by atoms with Crippen molar-refractivity contribution in [3.8, 4) is 11.3 Å². The normalized spacial score (nSPS) is 13.5. The molecule has 0 bridgehead atoms. The Morgan fingerprint density at radius 1 is 1.10 bits per heavy atom. The predicted octanol–water partition coefficient (Wildman–Crippen LogP) is 3.95. The second kappa shape index (κ2) is 4.48. The van der Waals surface area contributed by atoms with E-state index in [1.165, 1.54) is 16.8 Å². The zero-order valence-electron chi connectivity index (χ0n) is 11.5. The Balaban J connectivity index is 2.02. The van der Waals surface area contributed by atoms with Crippen molar-refractivity contribution in [3.05, 3.63) is 59.7 Å². The molecule has 1 N–H and O–H groups in total. The average Bonchev–Trinajstić information content (AvgIpc) is 2.75. The molecular weight excluding hydrogens is 262 g/mol. The van der Waals surface area contributed by atoms with Gasteiger partial charge in [-0.25, -0.2) is 4.79 Å². The highest BCUT2D eigenvalue weighted by molar-refractivity contribution is 5.95. The number of hydrogen-bond acceptors (Lipinski definition) is 1. The Bertz CT molecular complexity index is 861. The summed E-state index contributed by atoms with van der Waals surface area (Å²) in [7, 11) is 0. The first-order chi connectivity index (χ1) is 10.2. The van der Waals surface area contributed by atoms with E-state index < -0.39 is 5.97 Å². The van der Waals surface area contributed by atoms with Gasteiger partial charge in [0.25, 0.3) is 0 Å². The molecular formula is C18H15NO2. The molecule has 0 aliphatic carbocycles. The third-order valence-corrected chi connectivity index (χ3v) is 4.27. The quantitative estimate of drug-likeness (QED) is 0.731. The number of benzene rings is 2. The van der Waals surface area contributed by atoms with Gasteiger partial charge >= 0.3 is 5.97 Å². The molecule has 0 fully saturated rings. The molecule has 0 unspecified atom stereocenters. The van der Waals surface area contributed by atoms with Crippen molar-refractivity contribution in [2.75, 3.05) is 0 Å². The first-order valence-electron chi connectivity index (χ1n) is 7.19. The van der Waals surface area contributed by atoms with Gasteiger partial charge in [0.1, 0.15) is 0 Å². The van der Waals surface area contributed by atoms with Crippen LogP contribution in [-0.4, -0.2) is 15.6 Å². The van der Waals surface area contributed by atoms with Crippen molar-refractivity contribution in [3.63, 3.8) is 0 Å². The largest absolute Gasteiger partial charge is 0.478 e. The SMILES string of the molecule is O=C(O)c1ccc2cc3n(c2c1)CCCc1ccccc1-3. The van der Waals surface area contributed by atoms with E-state index in [1.807, 2.05) is 6.07 Å². The van der Waals surface area contributed by atoms with E-state index in [-0.39, 0.29) is 0 Å². The highest BCUT2D eigenvalue weighted by Gasteiger charge is 2.17. The summed E-state index contributed by atoms with van der Waals surface area (Å²) in [4.78, 5) is 11.2. The lowest BCUT2D eigenvalue weighted by molar-refractivity contribution is 0.0697. The van der Waals surface area contributed by atoms with Crippen molar-refractivity contribution in [2.45, 2.75) is 19.4 Å². The number of nitrogens with zero attached hydrogens (tertiary/aromatic N) is 1. The van der Waals surface area contributed by atoms with Crippen LogP contribution in [0.5, 0.6) is 0 Å². The molecule has 0 saturated heterocycles. The van der Waals surface area contributed by atoms with Crippen LogP contribution in [0.4, 0.5) is 0 Å². The Hall–Kier alpha value is -2.55. The van der Waals surface area contributed by atoms with Crippen molar-refractivity contribution >= 4 is 16.9 Å². The van der Waals surface area contributed by atoms with E-state index in [9.17, 15) is 9.90 Å². The van der Waals surface area contributed by atoms with Crippen LogP contribution in [0.2, 0.25) is 0 Å². The molecule has 0 atom stereocenters. The number of hydrogen-bond donors (Lipinski definition) is 1. The number of aryl methyl sites for hydroxylation is 2. The molecule has 0 spiro atoms. The molecule has 3 heteroatoms. The van der Waals surface area contributed by atoms with Gasteiger partial charge in [0.2, 0.25) is 0 Å². The van der Waals surface area contributed by atoms with Gasteiger partial charge in [-0.3, -0.25) is 0 Å². The van der Waals surface area contributed by atoms with Crippen LogP contribution in [0.25, 0.3) is 22.2 Å². The molecule has 0 amide bonds. The van der Waals surface area contributed by atoms with Crippen LogP contribution < -0.4 is 0 Å². The Morgan fingerprint density at radius 3 is 2.81 bits per heavy atom. The van der Waals surface area contributed by atoms with Crippen LogP contribution in [0.3, 0.4) is 0 Å². The average molecular weight is 277 g/mol. The second-order valence-electron chi connectivity index (χ2n) is 5.52. The van der Waals surface area contributed by atoms with E-state index in [4.69, 9.17) is 0 Å². The number of carboxylic acids is 1. The standard InChI is InChI=1S/C18H15NO2/c20-18(21)14-8-7-13-10-17-15-6-2-1-4-12(15)5-3-9-19(17)16(13)11-14/h1-2,4,6-8,10-11H,3,5,9H2,(H,20,21). The molecule has 1 aliphatic heterocycles. The zero-order valence-corrected chi connectivity index (χ0v) is 11.5. The number of fused-ring (bicyclic) bond motifs is 5. The molecule has 2 aromatic carbocycles. The van der Waals surface area contributed by atoms with Crippen LogP contribution in [0.15, 0.2) is 48.5 Å². The number of carbonyl (C=O) groups is 1. The Morgan fingerprint density at radius 2 is 1.95 bits per heavy atom. The van der Waals surface area contributed by atoms with Crippen LogP contribution in [-0.2, 0) is 13.0 Å². The van der Waals surface area contributed by atoms with E-state index in [0.29, 0.717) is 5.56 Å². The minimum absolute atomic E-state index is 0.348. The maximum Gasteiger partial charge on any atom is 0.335 e. The van der Waals surface area contributed by atoms with E-state index in [0.717, 1.165) is 30.3 Å². The molecule has 3 aromatic rings. The van der Waals surface area contributed by atoms with E-state index >= 15 is 0 Å². The van der Waals surface area contributed by atoms with Crippen LogP contribution in [0.1, 0.15) is 22.3 Å². The lowest BCUT2D eigenvalue weighted by Crippen LogP contribution is -2.00. The molecule has 4 rings (SSSR count). The summed E-state index contributed by atoms with van der Waals surface area (Å²) in [5.74, 6) is -0.874. The maximum atomic E-state index is 11.2. The summed E-state index contributed by atoms with van der Waals surface area (Å²) >= 11 is 0. The lowest BCUT2D eigenvalue weighted by atomic mass is 10.0. The second-order valence-corrected chi connectivity index (χ2v) is 5.52. The van der Waals surface area contributed by atoms with Crippen molar-refractivity contribution < 1.29 is 9.90 Å². The van der Waals surface area contributed by atoms with E-state index in [2.05, 4.69) is 34.9 Å². The highest BCUT2D eigenvalue weighted by Crippen LogP contribution is 2.34. The van der Waals surface area contributed by atoms with Gasteiger partial charge in [0, 0.05) is 28.7 Å². The first-order valence-corrected chi connectivity index (χ1v) is 7.19. The number of carboxylic acid groups (broad SMARTS) is 1. The molecule has 2 heterocycles. The van der Waals surface area contributed by atoms with Gasteiger partial charge in [0.05, 0.1) is 5.56 Å². The molecule has 3 nitrogen and oxygen atoms in total. The number of aromatic nitrogens is 1.